The molecule has 13 heavy (non-hydrogen) atoms. The Kier molecular flexibility index (Phi) is 3.45. The zero-order chi connectivity index (χ0) is 9.84. The molecule has 0 unspecified atom stereocenters. The van der Waals surface area contributed by atoms with Crippen LogP contribution >= 0.6 is 22.9 Å². The van der Waals surface area contributed by atoms with Gasteiger partial charge in [-0.1, -0.05) is 11.6 Å². The third-order valence-corrected chi connectivity index (χ3v) is 2.62. The molecule has 0 saturated heterocycles. The highest BCUT2D eigenvalue weighted by Gasteiger charge is 2.08. The van der Waals surface area contributed by atoms with Crippen LogP contribution in [0.25, 0.3) is 0 Å². The lowest BCUT2D eigenvalue weighted by atomic mass is 10.3. The van der Waals surface area contributed by atoms with Crippen molar-refractivity contribution in [3.05, 3.63) is 21.3 Å². The topological polar surface area (TPSA) is 46.2 Å². The van der Waals surface area contributed by atoms with E-state index in [1.165, 1.54) is 18.3 Å². The van der Waals surface area contributed by atoms with E-state index in [2.05, 4.69) is 5.32 Å². The number of rotatable bonds is 3. The van der Waals surface area contributed by atoms with E-state index in [1.807, 2.05) is 0 Å². The van der Waals surface area contributed by atoms with Gasteiger partial charge in [-0.05, 0) is 12.1 Å². The van der Waals surface area contributed by atoms with Crippen molar-refractivity contribution in [3.63, 3.8) is 0 Å². The van der Waals surface area contributed by atoms with Crippen molar-refractivity contribution in [1.29, 1.82) is 0 Å². The molecule has 0 aliphatic heterocycles. The van der Waals surface area contributed by atoms with Crippen molar-refractivity contribution < 1.29 is 9.59 Å². The largest absolute Gasteiger partial charge is 0.349 e. The third-order valence-electron chi connectivity index (χ3n) is 1.35. The molecular formula is C8H8ClNO2S. The Morgan fingerprint density at radius 3 is 2.69 bits per heavy atom. The fourth-order valence-corrected chi connectivity index (χ4v) is 1.74. The average molecular weight is 218 g/mol. The van der Waals surface area contributed by atoms with Crippen molar-refractivity contribution in [2.24, 2.45) is 0 Å². The van der Waals surface area contributed by atoms with E-state index in [9.17, 15) is 9.59 Å². The Bertz CT molecular complexity index is 335. The number of ketones is 1. The molecule has 0 aromatic carbocycles. The maximum Gasteiger partial charge on any atom is 0.217 e. The van der Waals surface area contributed by atoms with Gasteiger partial charge in [0.1, 0.15) is 0 Å². The number of thiophene rings is 1. The Morgan fingerprint density at radius 1 is 1.54 bits per heavy atom. The van der Waals surface area contributed by atoms with Gasteiger partial charge >= 0.3 is 0 Å². The van der Waals surface area contributed by atoms with Gasteiger partial charge in [-0.2, -0.15) is 0 Å². The molecule has 1 rings (SSSR count). The van der Waals surface area contributed by atoms with Gasteiger partial charge in [-0.25, -0.2) is 0 Å². The summed E-state index contributed by atoms with van der Waals surface area (Å²) >= 11 is 6.86. The maximum absolute atomic E-state index is 11.3. The SMILES string of the molecule is CC(=O)NCC(=O)c1ccc(Cl)s1. The van der Waals surface area contributed by atoms with E-state index in [-0.39, 0.29) is 18.2 Å². The van der Waals surface area contributed by atoms with Crippen LogP contribution in [-0.2, 0) is 4.79 Å². The van der Waals surface area contributed by atoms with Crippen molar-refractivity contribution in [2.75, 3.05) is 6.54 Å². The first-order chi connectivity index (χ1) is 6.09. The lowest BCUT2D eigenvalue weighted by Gasteiger charge is -1.97. The summed E-state index contributed by atoms with van der Waals surface area (Å²) in [6.07, 6.45) is 0. The molecule has 1 aromatic heterocycles. The second-order valence-electron chi connectivity index (χ2n) is 2.44. The molecule has 1 aromatic rings. The van der Waals surface area contributed by atoms with E-state index < -0.39 is 0 Å². The molecule has 0 atom stereocenters. The molecule has 0 saturated carbocycles. The van der Waals surface area contributed by atoms with E-state index in [0.717, 1.165) is 0 Å². The van der Waals surface area contributed by atoms with Crippen LogP contribution in [0.5, 0.6) is 0 Å². The van der Waals surface area contributed by atoms with Crippen LogP contribution in [0, 0.1) is 0 Å². The van der Waals surface area contributed by atoms with Crippen LogP contribution in [-0.4, -0.2) is 18.2 Å². The van der Waals surface area contributed by atoms with E-state index in [1.54, 1.807) is 12.1 Å². The zero-order valence-electron chi connectivity index (χ0n) is 6.96. The number of amides is 1. The van der Waals surface area contributed by atoms with Gasteiger partial charge in [0.25, 0.3) is 0 Å². The third kappa shape index (κ3) is 3.16. The summed E-state index contributed by atoms with van der Waals surface area (Å²) in [5, 5.41) is 2.43. The van der Waals surface area contributed by atoms with Crippen LogP contribution in [0.1, 0.15) is 16.6 Å². The molecule has 0 aliphatic rings. The second kappa shape index (κ2) is 4.39. The Labute approximate surface area is 84.7 Å². The fraction of sp³-hybridized carbons (Fsp3) is 0.250. The van der Waals surface area contributed by atoms with Gasteiger partial charge in [-0.3, -0.25) is 9.59 Å². The summed E-state index contributed by atoms with van der Waals surface area (Å²) in [5.74, 6) is -0.330. The summed E-state index contributed by atoms with van der Waals surface area (Å²) in [6, 6.07) is 3.31. The van der Waals surface area contributed by atoms with Gasteiger partial charge < -0.3 is 5.32 Å². The van der Waals surface area contributed by atoms with Crippen molar-refractivity contribution in [1.82, 2.24) is 5.32 Å². The first-order valence-electron chi connectivity index (χ1n) is 3.62. The zero-order valence-corrected chi connectivity index (χ0v) is 8.54. The number of hydrogen-bond acceptors (Lipinski definition) is 3. The van der Waals surface area contributed by atoms with Crippen LogP contribution in [0.4, 0.5) is 0 Å². The van der Waals surface area contributed by atoms with Crippen LogP contribution in [0.15, 0.2) is 12.1 Å². The molecule has 1 heterocycles. The lowest BCUT2D eigenvalue weighted by Crippen LogP contribution is -2.26. The van der Waals surface area contributed by atoms with Gasteiger partial charge in [0.2, 0.25) is 5.91 Å². The summed E-state index contributed by atoms with van der Waals surface area (Å²) < 4.78 is 0.575. The van der Waals surface area contributed by atoms with Crippen LogP contribution in [0.2, 0.25) is 4.34 Å². The number of carbonyl (C=O) groups excluding carboxylic acids is 2. The monoisotopic (exact) mass is 217 g/mol. The minimum Gasteiger partial charge on any atom is -0.349 e. The molecule has 0 spiro atoms. The summed E-state index contributed by atoms with van der Waals surface area (Å²) in [5.41, 5.74) is 0. The molecular weight excluding hydrogens is 210 g/mol. The predicted molar refractivity (Wildman–Crippen MR) is 52.3 cm³/mol. The number of carbonyl (C=O) groups is 2. The van der Waals surface area contributed by atoms with Gasteiger partial charge in [0.15, 0.2) is 5.78 Å². The smallest absolute Gasteiger partial charge is 0.217 e. The molecule has 0 radical (unpaired) electrons. The quantitative estimate of drug-likeness (QED) is 0.784. The van der Waals surface area contributed by atoms with E-state index in [4.69, 9.17) is 11.6 Å². The molecule has 5 heteroatoms. The highest BCUT2D eigenvalue weighted by atomic mass is 35.5. The average Bonchev–Trinajstić information content (AvgIpc) is 2.47. The molecule has 1 N–H and O–H groups in total. The summed E-state index contributed by atoms with van der Waals surface area (Å²) in [7, 11) is 0. The van der Waals surface area contributed by atoms with Crippen molar-refractivity contribution in [2.45, 2.75) is 6.92 Å². The lowest BCUT2D eigenvalue weighted by molar-refractivity contribution is -0.118. The second-order valence-corrected chi connectivity index (χ2v) is 4.15. The predicted octanol–water partition coefficient (Wildman–Crippen LogP) is 1.72. The Balaban J connectivity index is 2.54. The maximum atomic E-state index is 11.3. The number of halogens is 1. The summed E-state index contributed by atoms with van der Waals surface area (Å²) in [6.45, 7) is 1.40. The number of Topliss-reactive ketones (excluding diaryl/α,β-unsaturated/α-hetero) is 1. The highest BCUT2D eigenvalue weighted by molar-refractivity contribution is 7.18. The molecule has 0 aliphatic carbocycles. The number of hydrogen-bond donors (Lipinski definition) is 1. The van der Waals surface area contributed by atoms with Gasteiger partial charge in [0.05, 0.1) is 15.8 Å². The fourth-order valence-electron chi connectivity index (χ4n) is 0.756. The normalized spacial score (nSPS) is 9.69. The van der Waals surface area contributed by atoms with E-state index in [0.29, 0.717) is 9.21 Å². The minimum absolute atomic E-state index is 0.0339. The van der Waals surface area contributed by atoms with Crippen LogP contribution < -0.4 is 5.32 Å². The highest BCUT2D eigenvalue weighted by Crippen LogP contribution is 2.21. The molecule has 0 fully saturated rings. The van der Waals surface area contributed by atoms with Crippen molar-refractivity contribution in [3.8, 4) is 0 Å². The van der Waals surface area contributed by atoms with Crippen LogP contribution in [0.3, 0.4) is 0 Å². The summed E-state index contributed by atoms with van der Waals surface area (Å²) in [4.78, 5) is 22.4. The molecule has 3 nitrogen and oxygen atoms in total. The number of nitrogens with one attached hydrogen (secondary N) is 1. The first-order valence-corrected chi connectivity index (χ1v) is 4.82. The standard InChI is InChI=1S/C8H8ClNO2S/c1-5(11)10-4-6(12)7-2-3-8(9)13-7/h2-3H,4H2,1H3,(H,10,11). The van der Waals surface area contributed by atoms with Crippen molar-refractivity contribution >= 4 is 34.6 Å². The van der Waals surface area contributed by atoms with E-state index >= 15 is 0 Å². The Hall–Kier alpha value is -0.870. The van der Waals surface area contributed by atoms with Gasteiger partial charge in [-0.15, -0.1) is 11.3 Å². The Morgan fingerprint density at radius 2 is 2.23 bits per heavy atom. The first kappa shape index (κ1) is 10.2. The molecule has 0 bridgehead atoms. The molecule has 70 valence electrons. The van der Waals surface area contributed by atoms with Gasteiger partial charge in [0, 0.05) is 6.92 Å². The molecule has 1 amide bonds. The minimum atomic E-state index is -0.212.